The topological polar surface area (TPSA) is 29.3 Å². The van der Waals surface area contributed by atoms with Gasteiger partial charge in [-0.3, -0.25) is 4.90 Å². The van der Waals surface area contributed by atoms with Gasteiger partial charge in [-0.25, -0.2) is 4.98 Å². The zero-order chi connectivity index (χ0) is 15.6. The third-order valence-electron chi connectivity index (χ3n) is 4.30. The molecule has 2 aromatic heterocycles. The van der Waals surface area contributed by atoms with Gasteiger partial charge in [0, 0.05) is 23.2 Å². The van der Waals surface area contributed by atoms with Crippen LogP contribution < -0.4 is 0 Å². The molecule has 3 aromatic rings. The number of aromatic nitrogens is 1. The van der Waals surface area contributed by atoms with Crippen LogP contribution in [0.25, 0.3) is 11.5 Å². The summed E-state index contributed by atoms with van der Waals surface area (Å²) in [6.45, 7) is 1.95. The van der Waals surface area contributed by atoms with Crippen molar-refractivity contribution < 1.29 is 4.42 Å². The Kier molecular flexibility index (Phi) is 4.21. The van der Waals surface area contributed by atoms with Crippen LogP contribution in [0.2, 0.25) is 5.02 Å². The van der Waals surface area contributed by atoms with E-state index in [1.807, 2.05) is 24.3 Å². The highest BCUT2D eigenvalue weighted by molar-refractivity contribution is 7.07. The van der Waals surface area contributed by atoms with Crippen molar-refractivity contribution in [3.63, 3.8) is 0 Å². The van der Waals surface area contributed by atoms with Crippen molar-refractivity contribution in [2.45, 2.75) is 25.4 Å². The van der Waals surface area contributed by atoms with Crippen molar-refractivity contribution >= 4 is 22.9 Å². The van der Waals surface area contributed by atoms with E-state index >= 15 is 0 Å². The van der Waals surface area contributed by atoms with E-state index in [-0.39, 0.29) is 0 Å². The highest BCUT2D eigenvalue weighted by Crippen LogP contribution is 2.34. The molecule has 3 nitrogen and oxygen atoms in total. The molecule has 0 spiro atoms. The summed E-state index contributed by atoms with van der Waals surface area (Å²) < 4.78 is 5.65. The van der Waals surface area contributed by atoms with E-state index in [4.69, 9.17) is 16.0 Å². The third-order valence-corrected chi connectivity index (χ3v) is 5.25. The van der Waals surface area contributed by atoms with Crippen LogP contribution in [0, 0.1) is 0 Å². The number of hydrogen-bond donors (Lipinski definition) is 0. The minimum atomic E-state index is 0.511. The molecule has 0 saturated carbocycles. The van der Waals surface area contributed by atoms with Crippen LogP contribution in [0.1, 0.15) is 30.1 Å². The van der Waals surface area contributed by atoms with Gasteiger partial charge in [-0.15, -0.1) is 0 Å². The van der Waals surface area contributed by atoms with Crippen molar-refractivity contribution in [1.82, 2.24) is 9.88 Å². The van der Waals surface area contributed by atoms with E-state index in [1.165, 1.54) is 18.4 Å². The first-order chi connectivity index (χ1) is 11.3. The summed E-state index contributed by atoms with van der Waals surface area (Å²) in [6.07, 6.45) is 4.23. The van der Waals surface area contributed by atoms with Crippen molar-refractivity contribution in [2.75, 3.05) is 6.54 Å². The molecule has 0 amide bonds. The molecular formula is C18H17ClN2OS. The Hall–Kier alpha value is -1.62. The van der Waals surface area contributed by atoms with Crippen molar-refractivity contribution in [3.05, 3.63) is 63.6 Å². The molecule has 118 valence electrons. The Labute approximate surface area is 144 Å². The lowest BCUT2D eigenvalue weighted by atomic mass is 10.1. The molecule has 0 aliphatic carbocycles. The van der Waals surface area contributed by atoms with Gasteiger partial charge in [-0.2, -0.15) is 11.3 Å². The maximum absolute atomic E-state index is 5.93. The van der Waals surface area contributed by atoms with E-state index in [0.29, 0.717) is 11.9 Å². The first kappa shape index (κ1) is 14.9. The standard InChI is InChI=1S/C18H17ClN2OS/c19-15-5-3-13(4-6-15)18-20-16(11-22-18)10-21-8-1-2-17(21)14-7-9-23-12-14/h3-7,9,11-12,17H,1-2,8,10H2/t17-/m0/s1. The van der Waals surface area contributed by atoms with E-state index in [9.17, 15) is 0 Å². The molecule has 23 heavy (non-hydrogen) atoms. The number of likely N-dealkylation sites (tertiary alicyclic amines) is 1. The molecule has 1 fully saturated rings. The minimum absolute atomic E-state index is 0.511. The number of rotatable bonds is 4. The zero-order valence-electron chi connectivity index (χ0n) is 12.6. The summed E-state index contributed by atoms with van der Waals surface area (Å²) in [5.41, 5.74) is 3.36. The van der Waals surface area contributed by atoms with Crippen LogP contribution >= 0.6 is 22.9 Å². The quantitative estimate of drug-likeness (QED) is 0.635. The van der Waals surface area contributed by atoms with Gasteiger partial charge in [-0.1, -0.05) is 11.6 Å². The van der Waals surface area contributed by atoms with Gasteiger partial charge < -0.3 is 4.42 Å². The second kappa shape index (κ2) is 6.48. The Morgan fingerprint density at radius 1 is 1.26 bits per heavy atom. The Morgan fingerprint density at radius 2 is 2.13 bits per heavy atom. The molecule has 1 aliphatic heterocycles. The van der Waals surface area contributed by atoms with Crippen LogP contribution in [0.3, 0.4) is 0 Å². The zero-order valence-corrected chi connectivity index (χ0v) is 14.2. The van der Waals surface area contributed by atoms with Crippen LogP contribution in [0.15, 0.2) is 51.8 Å². The van der Waals surface area contributed by atoms with Gasteiger partial charge in [0.25, 0.3) is 0 Å². The third kappa shape index (κ3) is 3.20. The van der Waals surface area contributed by atoms with E-state index < -0.39 is 0 Å². The fraction of sp³-hybridized carbons (Fsp3) is 0.278. The number of halogens is 1. The Bertz CT molecular complexity index is 767. The van der Waals surface area contributed by atoms with E-state index in [2.05, 4.69) is 26.7 Å². The smallest absolute Gasteiger partial charge is 0.226 e. The number of thiophene rings is 1. The first-order valence-electron chi connectivity index (χ1n) is 7.76. The normalized spacial score (nSPS) is 18.6. The summed E-state index contributed by atoms with van der Waals surface area (Å²) >= 11 is 7.69. The fourth-order valence-electron chi connectivity index (χ4n) is 3.17. The Balaban J connectivity index is 1.50. The second-order valence-electron chi connectivity index (χ2n) is 5.84. The number of hydrogen-bond acceptors (Lipinski definition) is 4. The van der Waals surface area contributed by atoms with E-state index in [0.717, 1.165) is 29.4 Å². The second-order valence-corrected chi connectivity index (χ2v) is 7.05. The summed E-state index contributed by atoms with van der Waals surface area (Å²) in [7, 11) is 0. The average molecular weight is 345 g/mol. The highest BCUT2D eigenvalue weighted by atomic mass is 35.5. The van der Waals surface area contributed by atoms with Crippen LogP contribution in [0.4, 0.5) is 0 Å². The molecule has 1 atom stereocenters. The molecule has 3 heterocycles. The van der Waals surface area contributed by atoms with Gasteiger partial charge in [0.15, 0.2) is 0 Å². The molecule has 0 unspecified atom stereocenters. The molecule has 0 bridgehead atoms. The molecular weight excluding hydrogens is 328 g/mol. The molecule has 0 N–H and O–H groups in total. The van der Waals surface area contributed by atoms with Gasteiger partial charge in [0.1, 0.15) is 6.26 Å². The van der Waals surface area contributed by atoms with Crippen molar-refractivity contribution in [3.8, 4) is 11.5 Å². The monoisotopic (exact) mass is 344 g/mol. The summed E-state index contributed by atoms with van der Waals surface area (Å²) in [5, 5.41) is 5.13. The van der Waals surface area contributed by atoms with Crippen LogP contribution in [0.5, 0.6) is 0 Å². The maximum Gasteiger partial charge on any atom is 0.226 e. The molecule has 1 aliphatic rings. The lowest BCUT2D eigenvalue weighted by molar-refractivity contribution is 0.246. The molecule has 4 rings (SSSR count). The van der Waals surface area contributed by atoms with Crippen molar-refractivity contribution in [1.29, 1.82) is 0 Å². The predicted molar refractivity (Wildman–Crippen MR) is 93.7 cm³/mol. The number of benzene rings is 1. The summed E-state index contributed by atoms with van der Waals surface area (Å²) in [5.74, 6) is 0.656. The number of oxazole rings is 1. The first-order valence-corrected chi connectivity index (χ1v) is 9.08. The van der Waals surface area contributed by atoms with Gasteiger partial charge >= 0.3 is 0 Å². The summed E-state index contributed by atoms with van der Waals surface area (Å²) in [4.78, 5) is 7.13. The van der Waals surface area contributed by atoms with E-state index in [1.54, 1.807) is 17.6 Å². The van der Waals surface area contributed by atoms with Crippen LogP contribution in [-0.4, -0.2) is 16.4 Å². The molecule has 1 saturated heterocycles. The van der Waals surface area contributed by atoms with Gasteiger partial charge in [0.05, 0.1) is 5.69 Å². The lowest BCUT2D eigenvalue weighted by Crippen LogP contribution is -2.22. The van der Waals surface area contributed by atoms with Gasteiger partial charge in [0.2, 0.25) is 5.89 Å². The minimum Gasteiger partial charge on any atom is -0.444 e. The SMILES string of the molecule is Clc1ccc(-c2nc(CN3CCC[C@H]3c3ccsc3)co2)cc1. The highest BCUT2D eigenvalue weighted by Gasteiger charge is 2.27. The lowest BCUT2D eigenvalue weighted by Gasteiger charge is -2.22. The predicted octanol–water partition coefficient (Wildman–Crippen LogP) is 5.39. The van der Waals surface area contributed by atoms with Crippen molar-refractivity contribution in [2.24, 2.45) is 0 Å². The van der Waals surface area contributed by atoms with Gasteiger partial charge in [-0.05, 0) is 66.0 Å². The average Bonchev–Trinajstić information content (AvgIpc) is 3.29. The number of nitrogens with zero attached hydrogens (tertiary/aromatic N) is 2. The van der Waals surface area contributed by atoms with Crippen LogP contribution in [-0.2, 0) is 6.54 Å². The Morgan fingerprint density at radius 3 is 2.91 bits per heavy atom. The summed E-state index contributed by atoms with van der Waals surface area (Å²) in [6, 6.07) is 10.3. The molecule has 5 heteroatoms. The molecule has 1 aromatic carbocycles. The fourth-order valence-corrected chi connectivity index (χ4v) is 4.00. The molecule has 0 radical (unpaired) electrons. The maximum atomic E-state index is 5.93. The largest absolute Gasteiger partial charge is 0.444 e.